The Bertz CT molecular complexity index is 159. The fraction of sp³-hybridized carbons (Fsp3) is 0.667. The number of rotatable bonds is 3. The molecule has 0 saturated heterocycles. The van der Waals surface area contributed by atoms with Crippen molar-refractivity contribution in [2.24, 2.45) is 0 Å². The summed E-state index contributed by atoms with van der Waals surface area (Å²) in [5, 5.41) is 27.8. The monoisotopic (exact) mass is 275 g/mol. The normalized spacial score (nSPS) is 6.94. The Hall–Kier alpha value is -1.07. The molecule has 1 radical (unpaired) electrons. The summed E-state index contributed by atoms with van der Waals surface area (Å²) in [4.78, 5) is 27.8. The van der Waals surface area contributed by atoms with Crippen LogP contribution in [0.3, 0.4) is 0 Å². The van der Waals surface area contributed by atoms with E-state index in [1.165, 1.54) is 20.8 Å². The third-order valence-electron chi connectivity index (χ3n) is 0.866. The molecule has 0 aromatic heterocycles. The van der Waals surface area contributed by atoms with E-state index in [1.54, 1.807) is 0 Å². The predicted octanol–water partition coefficient (Wildman–Crippen LogP) is -2.56. The van der Waals surface area contributed by atoms with E-state index in [-0.39, 0.29) is 36.3 Å². The van der Waals surface area contributed by atoms with Crippen molar-refractivity contribution in [3.8, 4) is 0 Å². The average Bonchev–Trinajstić information content (AvgIpc) is 2.19. The van der Waals surface area contributed by atoms with Crippen molar-refractivity contribution in [3.05, 3.63) is 0 Å². The molecule has 95 valence electrons. The minimum absolute atomic E-state index is 0. The third kappa shape index (κ3) is 75.7. The van der Waals surface area contributed by atoms with Crippen LogP contribution in [-0.2, 0) is 31.5 Å². The van der Waals surface area contributed by atoms with Gasteiger partial charge < -0.3 is 29.7 Å². The zero-order valence-electron chi connectivity index (χ0n) is 9.42. The number of hydrogen-bond acceptors (Lipinski definition) is 6. The Morgan fingerprint density at radius 3 is 0.750 bits per heavy atom. The summed E-state index contributed by atoms with van der Waals surface area (Å²) in [6, 6.07) is 0. The van der Waals surface area contributed by atoms with E-state index in [2.05, 4.69) is 0 Å². The maximum Gasteiger partial charge on any atom is 3.00 e. The topological polar surface area (TPSA) is 120 Å². The Balaban J connectivity index is -0.0000000655. The van der Waals surface area contributed by atoms with Crippen LogP contribution in [0.2, 0.25) is 0 Å². The molecule has 7 heteroatoms. The summed E-state index contributed by atoms with van der Waals surface area (Å²) in [7, 11) is 0. The fourth-order valence-corrected chi connectivity index (χ4v) is 0. The van der Waals surface area contributed by atoms with Crippen molar-refractivity contribution in [1.82, 2.24) is 0 Å². The van der Waals surface area contributed by atoms with Crippen LogP contribution < -0.4 is 15.3 Å². The first-order valence-corrected chi connectivity index (χ1v) is 4.41. The number of carbonyl (C=O) groups is 3. The molecular weight excluding hydrogens is 260 g/mol. The molecule has 0 atom stereocenters. The Morgan fingerprint density at radius 2 is 0.750 bits per heavy atom. The Labute approximate surface area is 105 Å². The van der Waals surface area contributed by atoms with Gasteiger partial charge in [0, 0.05) is 17.9 Å². The zero-order chi connectivity index (χ0) is 12.9. The molecule has 0 bridgehead atoms. The molecule has 0 aliphatic carbocycles. The van der Waals surface area contributed by atoms with Gasteiger partial charge in [-0.1, -0.05) is 20.8 Å². The van der Waals surface area contributed by atoms with E-state index < -0.39 is 17.9 Å². The van der Waals surface area contributed by atoms with E-state index >= 15 is 0 Å². The van der Waals surface area contributed by atoms with Gasteiger partial charge in [0.2, 0.25) is 0 Å². The van der Waals surface area contributed by atoms with Crippen molar-refractivity contribution >= 4 is 17.9 Å². The van der Waals surface area contributed by atoms with E-state index in [1.807, 2.05) is 0 Å². The molecule has 0 aromatic rings. The first-order chi connectivity index (χ1) is 6.81. The molecule has 0 aromatic carbocycles. The van der Waals surface area contributed by atoms with Crippen LogP contribution in [0.1, 0.15) is 40.0 Å². The van der Waals surface area contributed by atoms with Crippen LogP contribution >= 0.6 is 0 Å². The van der Waals surface area contributed by atoms with Gasteiger partial charge in [0.25, 0.3) is 0 Å². The van der Waals surface area contributed by atoms with Crippen LogP contribution in [0.25, 0.3) is 0 Å². The van der Waals surface area contributed by atoms with Gasteiger partial charge in [-0.05, 0) is 19.3 Å². The Morgan fingerprint density at radius 1 is 0.688 bits per heavy atom. The minimum atomic E-state index is -0.995. The van der Waals surface area contributed by atoms with Crippen molar-refractivity contribution in [2.45, 2.75) is 40.0 Å². The predicted molar refractivity (Wildman–Crippen MR) is 45.9 cm³/mol. The van der Waals surface area contributed by atoms with E-state index in [4.69, 9.17) is 0 Å². The summed E-state index contributed by atoms with van der Waals surface area (Å²) in [6.45, 7) is 4.61. The molecule has 0 heterocycles. The molecule has 0 spiro atoms. The first kappa shape index (κ1) is 24.3. The number of carbonyl (C=O) groups excluding carboxylic acids is 3. The molecule has 0 aliphatic heterocycles. The molecule has 0 amide bonds. The number of carboxylic acid groups (broad SMARTS) is 3. The van der Waals surface area contributed by atoms with Gasteiger partial charge in [0.05, 0.1) is 0 Å². The van der Waals surface area contributed by atoms with Gasteiger partial charge in [-0.15, -0.1) is 0 Å². The van der Waals surface area contributed by atoms with Gasteiger partial charge >= 0.3 is 17.1 Å². The second-order valence-electron chi connectivity index (χ2n) is 2.18. The molecule has 0 aliphatic rings. The van der Waals surface area contributed by atoms with E-state index in [0.29, 0.717) is 0 Å². The smallest absolute Gasteiger partial charge is 0.550 e. The molecule has 0 fully saturated rings. The fourth-order valence-electron chi connectivity index (χ4n) is 0. The standard InChI is InChI=1S/3C3H6O2.Fe/c3*1-2-3(4)5;/h3*2H2,1H3,(H,4,5);/q;;;+3/p-3. The second kappa shape index (κ2) is 19.5. The molecule has 0 N–H and O–H groups in total. The van der Waals surface area contributed by atoms with Crippen LogP contribution in [0.5, 0.6) is 0 Å². The SMILES string of the molecule is CCC(=O)[O-].CCC(=O)[O-].CCC(=O)[O-].[Fe+3]. The molecule has 6 nitrogen and oxygen atoms in total. The van der Waals surface area contributed by atoms with Crippen molar-refractivity contribution in [2.75, 3.05) is 0 Å². The van der Waals surface area contributed by atoms with Crippen LogP contribution in [0, 0.1) is 0 Å². The molecule has 0 saturated carbocycles. The van der Waals surface area contributed by atoms with Crippen molar-refractivity contribution in [3.63, 3.8) is 0 Å². The van der Waals surface area contributed by atoms with Crippen LogP contribution in [0.15, 0.2) is 0 Å². The summed E-state index contributed by atoms with van der Waals surface area (Å²) in [5.41, 5.74) is 0. The van der Waals surface area contributed by atoms with Gasteiger partial charge in [0.1, 0.15) is 0 Å². The largest absolute Gasteiger partial charge is 3.00 e. The maximum atomic E-state index is 9.26. The van der Waals surface area contributed by atoms with Gasteiger partial charge in [-0.2, -0.15) is 0 Å². The van der Waals surface area contributed by atoms with Crippen LogP contribution in [-0.4, -0.2) is 17.9 Å². The molecular formula is C9H15FeO6. The van der Waals surface area contributed by atoms with E-state index in [0.717, 1.165) is 0 Å². The zero-order valence-corrected chi connectivity index (χ0v) is 10.5. The number of carboxylic acids is 3. The summed E-state index contributed by atoms with van der Waals surface area (Å²) in [6.07, 6.45) is 0.333. The number of hydrogen-bond donors (Lipinski definition) is 0. The average molecular weight is 275 g/mol. The molecule has 0 unspecified atom stereocenters. The van der Waals surface area contributed by atoms with Gasteiger partial charge in [-0.3, -0.25) is 0 Å². The minimum Gasteiger partial charge on any atom is -0.550 e. The second-order valence-corrected chi connectivity index (χ2v) is 2.18. The first-order valence-electron chi connectivity index (χ1n) is 4.41. The summed E-state index contributed by atoms with van der Waals surface area (Å²) < 4.78 is 0. The quantitative estimate of drug-likeness (QED) is 0.522. The summed E-state index contributed by atoms with van der Waals surface area (Å²) >= 11 is 0. The van der Waals surface area contributed by atoms with Crippen molar-refractivity contribution < 1.29 is 46.8 Å². The maximum absolute atomic E-state index is 9.26. The van der Waals surface area contributed by atoms with Crippen LogP contribution in [0.4, 0.5) is 0 Å². The third-order valence-corrected chi connectivity index (χ3v) is 0.866. The number of aliphatic carboxylic acids is 3. The van der Waals surface area contributed by atoms with Gasteiger partial charge in [-0.25, -0.2) is 0 Å². The van der Waals surface area contributed by atoms with Gasteiger partial charge in [0.15, 0.2) is 0 Å². The van der Waals surface area contributed by atoms with E-state index in [9.17, 15) is 29.7 Å². The Kier molecular flexibility index (Phi) is 29.5. The molecule has 16 heavy (non-hydrogen) atoms. The summed E-state index contributed by atoms with van der Waals surface area (Å²) in [5.74, 6) is -2.99. The van der Waals surface area contributed by atoms with Crippen molar-refractivity contribution in [1.29, 1.82) is 0 Å². The molecule has 0 rings (SSSR count).